The van der Waals surface area contributed by atoms with E-state index in [2.05, 4.69) is 15.5 Å². The van der Waals surface area contributed by atoms with Gasteiger partial charge in [-0.15, -0.1) is 0 Å². The summed E-state index contributed by atoms with van der Waals surface area (Å²) in [6.45, 7) is -0.218. The fourth-order valence-corrected chi connectivity index (χ4v) is 2.85. The summed E-state index contributed by atoms with van der Waals surface area (Å²) in [6, 6.07) is 14.6. The van der Waals surface area contributed by atoms with E-state index in [-0.39, 0.29) is 12.5 Å². The SMILES string of the molecule is O=C(CO/N=C\c1cccc(NO)c1)Nc1nc2ccccc2s1. The highest BCUT2D eigenvalue weighted by Gasteiger charge is 2.07. The molecule has 0 spiro atoms. The molecule has 24 heavy (non-hydrogen) atoms. The van der Waals surface area contributed by atoms with Gasteiger partial charge in [0.05, 0.1) is 22.1 Å². The number of carbonyl (C=O) groups is 1. The van der Waals surface area contributed by atoms with Crippen molar-refractivity contribution in [3.63, 3.8) is 0 Å². The fourth-order valence-electron chi connectivity index (χ4n) is 1.96. The average Bonchev–Trinajstić information content (AvgIpc) is 3.01. The zero-order valence-corrected chi connectivity index (χ0v) is 13.3. The predicted molar refractivity (Wildman–Crippen MR) is 93.6 cm³/mol. The maximum Gasteiger partial charge on any atom is 0.266 e. The van der Waals surface area contributed by atoms with Crippen LogP contribution in [-0.2, 0) is 9.63 Å². The molecule has 0 fully saturated rings. The summed E-state index contributed by atoms with van der Waals surface area (Å²) in [4.78, 5) is 21.1. The van der Waals surface area contributed by atoms with Gasteiger partial charge in [0.25, 0.3) is 5.91 Å². The molecule has 0 aliphatic rings. The van der Waals surface area contributed by atoms with Gasteiger partial charge in [-0.3, -0.25) is 20.8 Å². The monoisotopic (exact) mass is 342 g/mol. The van der Waals surface area contributed by atoms with Gasteiger partial charge in [-0.1, -0.05) is 40.8 Å². The quantitative estimate of drug-likeness (QED) is 0.472. The minimum Gasteiger partial charge on any atom is -0.386 e. The highest BCUT2D eigenvalue weighted by molar-refractivity contribution is 7.22. The lowest BCUT2D eigenvalue weighted by Crippen LogP contribution is -2.16. The van der Waals surface area contributed by atoms with Gasteiger partial charge >= 0.3 is 0 Å². The van der Waals surface area contributed by atoms with Gasteiger partial charge in [0.15, 0.2) is 11.7 Å². The number of anilines is 2. The summed E-state index contributed by atoms with van der Waals surface area (Å²) in [5, 5.41) is 15.7. The van der Waals surface area contributed by atoms with Crippen LogP contribution in [0.5, 0.6) is 0 Å². The lowest BCUT2D eigenvalue weighted by Gasteiger charge is -2.01. The van der Waals surface area contributed by atoms with Crippen LogP contribution in [-0.4, -0.2) is 28.9 Å². The van der Waals surface area contributed by atoms with Crippen LogP contribution in [0, 0.1) is 0 Å². The largest absolute Gasteiger partial charge is 0.386 e. The molecule has 7 nitrogen and oxygen atoms in total. The van der Waals surface area contributed by atoms with Gasteiger partial charge in [-0.05, 0) is 29.8 Å². The Morgan fingerprint density at radius 3 is 3.00 bits per heavy atom. The number of nitrogens with zero attached hydrogens (tertiary/aromatic N) is 2. The maximum atomic E-state index is 11.8. The Bertz CT molecular complexity index is 845. The van der Waals surface area contributed by atoms with Crippen molar-refractivity contribution in [1.29, 1.82) is 0 Å². The fraction of sp³-hybridized carbons (Fsp3) is 0.0625. The first-order valence-electron chi connectivity index (χ1n) is 7.05. The first-order chi connectivity index (χ1) is 11.7. The highest BCUT2D eigenvalue weighted by Crippen LogP contribution is 2.25. The van der Waals surface area contributed by atoms with Crippen LogP contribution < -0.4 is 10.8 Å². The van der Waals surface area contributed by atoms with Crippen LogP contribution in [0.4, 0.5) is 10.8 Å². The van der Waals surface area contributed by atoms with E-state index in [0.29, 0.717) is 10.8 Å². The molecule has 8 heteroatoms. The molecule has 0 saturated carbocycles. The Morgan fingerprint density at radius 1 is 1.29 bits per heavy atom. The van der Waals surface area contributed by atoms with Gasteiger partial charge < -0.3 is 4.84 Å². The number of fused-ring (bicyclic) bond motifs is 1. The van der Waals surface area contributed by atoms with Crippen LogP contribution in [0.15, 0.2) is 53.7 Å². The molecule has 3 N–H and O–H groups in total. The van der Waals surface area contributed by atoms with Crippen molar-refractivity contribution in [3.05, 3.63) is 54.1 Å². The summed E-state index contributed by atoms with van der Waals surface area (Å²) in [7, 11) is 0. The lowest BCUT2D eigenvalue weighted by molar-refractivity contribution is -0.120. The number of oxime groups is 1. The summed E-state index contributed by atoms with van der Waals surface area (Å²) in [5.74, 6) is -0.336. The first kappa shape index (κ1) is 15.9. The Balaban J connectivity index is 1.51. The molecular weight excluding hydrogens is 328 g/mol. The number of aromatic nitrogens is 1. The molecule has 3 rings (SSSR count). The Kier molecular flexibility index (Phi) is 4.99. The summed E-state index contributed by atoms with van der Waals surface area (Å²) >= 11 is 1.40. The van der Waals surface area contributed by atoms with E-state index < -0.39 is 0 Å². The van der Waals surface area contributed by atoms with E-state index in [0.717, 1.165) is 15.8 Å². The van der Waals surface area contributed by atoms with Crippen molar-refractivity contribution in [2.75, 3.05) is 17.4 Å². The second-order valence-electron chi connectivity index (χ2n) is 4.78. The molecule has 0 radical (unpaired) electrons. The summed E-state index contributed by atoms with van der Waals surface area (Å²) < 4.78 is 1.00. The number of nitrogens with one attached hydrogen (secondary N) is 2. The van der Waals surface area contributed by atoms with E-state index in [1.54, 1.807) is 24.3 Å². The highest BCUT2D eigenvalue weighted by atomic mass is 32.1. The van der Waals surface area contributed by atoms with Gasteiger partial charge in [-0.2, -0.15) is 0 Å². The number of hydrogen-bond acceptors (Lipinski definition) is 7. The average molecular weight is 342 g/mol. The zero-order chi connectivity index (χ0) is 16.8. The number of hydrogen-bond donors (Lipinski definition) is 3. The van der Waals surface area contributed by atoms with Gasteiger partial charge in [-0.25, -0.2) is 4.98 Å². The second kappa shape index (κ2) is 7.53. The van der Waals surface area contributed by atoms with Crippen molar-refractivity contribution >= 4 is 44.5 Å². The molecule has 1 aromatic heterocycles. The van der Waals surface area contributed by atoms with Crippen LogP contribution in [0.2, 0.25) is 0 Å². The van der Waals surface area contributed by atoms with Gasteiger partial charge in [0.1, 0.15) is 0 Å². The molecule has 1 amide bonds. The van der Waals surface area contributed by atoms with Crippen LogP contribution in [0.3, 0.4) is 0 Å². The molecule has 0 saturated heterocycles. The first-order valence-corrected chi connectivity index (χ1v) is 7.87. The molecule has 0 aliphatic heterocycles. The third-order valence-corrected chi connectivity index (χ3v) is 3.98. The number of carbonyl (C=O) groups excluding carboxylic acids is 1. The van der Waals surface area contributed by atoms with Crippen molar-refractivity contribution in [2.24, 2.45) is 5.16 Å². The Labute approximate surface area is 141 Å². The third kappa shape index (κ3) is 4.06. The standard InChI is InChI=1S/C16H14N4O3S/c21-15(19-16-18-13-6-1-2-7-14(13)24-16)10-23-17-9-11-4-3-5-12(8-11)20-22/h1-9,20,22H,10H2,(H,18,19,21)/b17-9-. The van der Waals surface area contributed by atoms with E-state index in [1.807, 2.05) is 29.7 Å². The van der Waals surface area contributed by atoms with Crippen LogP contribution in [0.1, 0.15) is 5.56 Å². The number of para-hydroxylation sites is 1. The Morgan fingerprint density at radius 2 is 2.17 bits per heavy atom. The molecule has 0 unspecified atom stereocenters. The zero-order valence-electron chi connectivity index (χ0n) is 12.5. The lowest BCUT2D eigenvalue weighted by atomic mass is 10.2. The van der Waals surface area contributed by atoms with Crippen LogP contribution >= 0.6 is 11.3 Å². The summed E-state index contributed by atoms with van der Waals surface area (Å²) in [6.07, 6.45) is 1.45. The molecule has 2 aromatic carbocycles. The number of amides is 1. The van der Waals surface area contributed by atoms with E-state index >= 15 is 0 Å². The normalized spacial score (nSPS) is 10.9. The molecule has 0 atom stereocenters. The van der Waals surface area contributed by atoms with Gasteiger partial charge in [0.2, 0.25) is 0 Å². The van der Waals surface area contributed by atoms with Crippen molar-refractivity contribution in [1.82, 2.24) is 4.98 Å². The van der Waals surface area contributed by atoms with Crippen molar-refractivity contribution in [2.45, 2.75) is 0 Å². The molecular formula is C16H14N4O3S. The topological polar surface area (TPSA) is 95.8 Å². The van der Waals surface area contributed by atoms with Crippen LogP contribution in [0.25, 0.3) is 10.2 Å². The van der Waals surface area contributed by atoms with Crippen molar-refractivity contribution < 1.29 is 14.8 Å². The molecule has 0 bridgehead atoms. The molecule has 122 valence electrons. The van der Waals surface area contributed by atoms with E-state index in [9.17, 15) is 4.79 Å². The van der Waals surface area contributed by atoms with Crippen molar-refractivity contribution in [3.8, 4) is 0 Å². The minimum atomic E-state index is -0.336. The Hall–Kier alpha value is -2.97. The third-order valence-electron chi connectivity index (χ3n) is 3.03. The summed E-state index contributed by atoms with van der Waals surface area (Å²) in [5.41, 5.74) is 4.14. The number of rotatable bonds is 6. The van der Waals surface area contributed by atoms with E-state index in [4.69, 9.17) is 10.0 Å². The van der Waals surface area contributed by atoms with Gasteiger partial charge in [0, 0.05) is 0 Å². The number of benzene rings is 2. The second-order valence-corrected chi connectivity index (χ2v) is 5.81. The smallest absolute Gasteiger partial charge is 0.266 e. The predicted octanol–water partition coefficient (Wildman–Crippen LogP) is 3.09. The maximum absolute atomic E-state index is 11.8. The molecule has 3 aromatic rings. The number of thiazole rings is 1. The molecule has 0 aliphatic carbocycles. The van der Waals surface area contributed by atoms with E-state index in [1.165, 1.54) is 17.6 Å². The minimum absolute atomic E-state index is 0.218. The molecule has 1 heterocycles.